The van der Waals surface area contributed by atoms with Crippen molar-refractivity contribution in [3.8, 4) is 5.75 Å². The number of carbonyl (C=O) groups is 1. The van der Waals surface area contributed by atoms with Gasteiger partial charge >= 0.3 is 0 Å². The summed E-state index contributed by atoms with van der Waals surface area (Å²) in [7, 11) is 0. The third kappa shape index (κ3) is 4.45. The Morgan fingerprint density at radius 1 is 1.26 bits per heavy atom. The molecule has 1 amide bonds. The maximum absolute atomic E-state index is 12.6. The number of halogens is 1. The second kappa shape index (κ2) is 7.91. The normalized spacial score (nSPS) is 19.7. The Hall–Kier alpha value is -2.04. The van der Waals surface area contributed by atoms with Crippen molar-refractivity contribution in [3.05, 3.63) is 64.7 Å². The molecule has 5 heteroatoms. The van der Waals surface area contributed by atoms with Crippen LogP contribution in [0.25, 0.3) is 0 Å². The summed E-state index contributed by atoms with van der Waals surface area (Å²) in [6, 6.07) is 14.2. The lowest BCUT2D eigenvalue weighted by molar-refractivity contribution is 0.0950. The fraction of sp³-hybridized carbons (Fsp3) is 0.409. The number of benzene rings is 2. The Balaban J connectivity index is 0.00000210. The SMILES string of the molecule is CC1(C)Cc2cc(CNC(=O)c3cccc(C4CCNC4)c3)ccc2O1.Cl. The lowest BCUT2D eigenvalue weighted by Gasteiger charge is -2.16. The van der Waals surface area contributed by atoms with Crippen LogP contribution >= 0.6 is 12.4 Å². The smallest absolute Gasteiger partial charge is 0.251 e. The van der Waals surface area contributed by atoms with Crippen molar-refractivity contribution in [2.45, 2.75) is 44.8 Å². The van der Waals surface area contributed by atoms with Crippen molar-refractivity contribution in [1.29, 1.82) is 0 Å². The minimum atomic E-state index is -0.139. The standard InChI is InChI=1S/C22H26N2O2.ClH/c1-22(2)12-19-10-15(6-7-20(19)26-22)13-24-21(25)17-5-3-4-16(11-17)18-8-9-23-14-18;/h3-7,10-11,18,23H,8-9,12-14H2,1-2H3,(H,24,25);1H. The molecule has 2 aliphatic rings. The van der Waals surface area contributed by atoms with Gasteiger partial charge in [-0.3, -0.25) is 4.79 Å². The third-order valence-corrected chi connectivity index (χ3v) is 5.26. The molecule has 2 aliphatic heterocycles. The molecular weight excluding hydrogens is 360 g/mol. The van der Waals surface area contributed by atoms with E-state index in [9.17, 15) is 4.79 Å². The lowest BCUT2D eigenvalue weighted by atomic mass is 9.96. The first-order chi connectivity index (χ1) is 12.5. The van der Waals surface area contributed by atoms with Crippen LogP contribution in [0.5, 0.6) is 5.75 Å². The van der Waals surface area contributed by atoms with Crippen LogP contribution in [0.15, 0.2) is 42.5 Å². The van der Waals surface area contributed by atoms with Gasteiger partial charge in [0.15, 0.2) is 0 Å². The van der Waals surface area contributed by atoms with Gasteiger partial charge in [0.1, 0.15) is 11.4 Å². The fourth-order valence-corrected chi connectivity index (χ4v) is 3.93. The molecule has 1 fully saturated rings. The van der Waals surface area contributed by atoms with Crippen molar-refractivity contribution >= 4 is 18.3 Å². The van der Waals surface area contributed by atoms with Gasteiger partial charge < -0.3 is 15.4 Å². The largest absolute Gasteiger partial charge is 0.487 e. The van der Waals surface area contributed by atoms with Crippen LogP contribution in [0.2, 0.25) is 0 Å². The summed E-state index contributed by atoms with van der Waals surface area (Å²) < 4.78 is 5.91. The maximum Gasteiger partial charge on any atom is 0.251 e. The first kappa shape index (κ1) is 19.7. The molecule has 1 unspecified atom stereocenters. The highest BCUT2D eigenvalue weighted by atomic mass is 35.5. The van der Waals surface area contributed by atoms with E-state index in [2.05, 4.69) is 36.6 Å². The number of amides is 1. The van der Waals surface area contributed by atoms with E-state index < -0.39 is 0 Å². The molecule has 1 saturated heterocycles. The van der Waals surface area contributed by atoms with Crippen molar-refractivity contribution in [2.75, 3.05) is 13.1 Å². The van der Waals surface area contributed by atoms with Gasteiger partial charge in [0.25, 0.3) is 5.91 Å². The Bertz CT molecular complexity index is 829. The van der Waals surface area contributed by atoms with Crippen LogP contribution in [-0.4, -0.2) is 24.6 Å². The van der Waals surface area contributed by atoms with E-state index in [-0.39, 0.29) is 23.9 Å². The molecule has 4 rings (SSSR count). The molecule has 0 spiro atoms. The van der Waals surface area contributed by atoms with Gasteiger partial charge in [0, 0.05) is 25.1 Å². The maximum atomic E-state index is 12.6. The number of hydrogen-bond acceptors (Lipinski definition) is 3. The number of nitrogens with one attached hydrogen (secondary N) is 2. The second-order valence-corrected chi connectivity index (χ2v) is 7.98. The average Bonchev–Trinajstić information content (AvgIpc) is 3.25. The molecule has 4 nitrogen and oxygen atoms in total. The van der Waals surface area contributed by atoms with E-state index in [1.165, 1.54) is 11.1 Å². The Morgan fingerprint density at radius 2 is 2.11 bits per heavy atom. The van der Waals surface area contributed by atoms with Gasteiger partial charge in [-0.1, -0.05) is 24.3 Å². The summed E-state index contributed by atoms with van der Waals surface area (Å²) >= 11 is 0. The zero-order valence-electron chi connectivity index (χ0n) is 15.9. The van der Waals surface area contributed by atoms with E-state index in [4.69, 9.17) is 4.74 Å². The van der Waals surface area contributed by atoms with Crippen LogP contribution in [0, 0.1) is 0 Å². The highest BCUT2D eigenvalue weighted by molar-refractivity contribution is 5.94. The topological polar surface area (TPSA) is 50.4 Å². The Labute approximate surface area is 167 Å². The van der Waals surface area contributed by atoms with Gasteiger partial charge in [-0.05, 0) is 67.6 Å². The molecule has 0 bridgehead atoms. The number of rotatable bonds is 4. The lowest BCUT2D eigenvalue weighted by Crippen LogP contribution is -2.24. The quantitative estimate of drug-likeness (QED) is 0.839. The summed E-state index contributed by atoms with van der Waals surface area (Å²) in [6.45, 7) is 6.78. The molecular formula is C22H27ClN2O2. The van der Waals surface area contributed by atoms with Crippen LogP contribution in [0.3, 0.4) is 0 Å². The van der Waals surface area contributed by atoms with E-state index in [1.807, 2.05) is 30.3 Å². The zero-order valence-corrected chi connectivity index (χ0v) is 16.7. The molecule has 144 valence electrons. The summed E-state index contributed by atoms with van der Waals surface area (Å²) in [4.78, 5) is 12.6. The number of hydrogen-bond donors (Lipinski definition) is 2. The van der Waals surface area contributed by atoms with Gasteiger partial charge in [-0.25, -0.2) is 0 Å². The van der Waals surface area contributed by atoms with Gasteiger partial charge in [-0.15, -0.1) is 12.4 Å². The fourth-order valence-electron chi connectivity index (χ4n) is 3.93. The third-order valence-electron chi connectivity index (χ3n) is 5.26. The van der Waals surface area contributed by atoms with E-state index >= 15 is 0 Å². The first-order valence-corrected chi connectivity index (χ1v) is 9.40. The predicted octanol–water partition coefficient (Wildman–Crippen LogP) is 3.83. The van der Waals surface area contributed by atoms with E-state index in [1.54, 1.807) is 0 Å². The Kier molecular flexibility index (Phi) is 5.78. The first-order valence-electron chi connectivity index (χ1n) is 9.40. The minimum absolute atomic E-state index is 0. The number of ether oxygens (including phenoxy) is 1. The van der Waals surface area contributed by atoms with Crippen molar-refractivity contribution in [2.24, 2.45) is 0 Å². The molecule has 0 aliphatic carbocycles. The molecule has 2 aromatic rings. The van der Waals surface area contributed by atoms with Crippen LogP contribution in [-0.2, 0) is 13.0 Å². The number of carbonyl (C=O) groups excluding carboxylic acids is 1. The van der Waals surface area contributed by atoms with Crippen molar-refractivity contribution < 1.29 is 9.53 Å². The van der Waals surface area contributed by atoms with Gasteiger partial charge in [0.05, 0.1) is 0 Å². The van der Waals surface area contributed by atoms with E-state index in [0.717, 1.165) is 42.8 Å². The monoisotopic (exact) mass is 386 g/mol. The second-order valence-electron chi connectivity index (χ2n) is 7.98. The minimum Gasteiger partial charge on any atom is -0.487 e. The van der Waals surface area contributed by atoms with Crippen LogP contribution in [0.1, 0.15) is 53.2 Å². The van der Waals surface area contributed by atoms with Crippen molar-refractivity contribution in [3.63, 3.8) is 0 Å². The van der Waals surface area contributed by atoms with Gasteiger partial charge in [-0.2, -0.15) is 0 Å². The van der Waals surface area contributed by atoms with E-state index in [0.29, 0.717) is 12.5 Å². The molecule has 2 heterocycles. The molecule has 0 saturated carbocycles. The highest BCUT2D eigenvalue weighted by Crippen LogP contribution is 2.35. The predicted molar refractivity (Wildman–Crippen MR) is 110 cm³/mol. The van der Waals surface area contributed by atoms with Gasteiger partial charge in [0.2, 0.25) is 0 Å². The summed E-state index contributed by atoms with van der Waals surface area (Å²) in [5.74, 6) is 1.46. The molecule has 27 heavy (non-hydrogen) atoms. The molecule has 0 aromatic heterocycles. The molecule has 0 radical (unpaired) electrons. The van der Waals surface area contributed by atoms with Crippen molar-refractivity contribution in [1.82, 2.24) is 10.6 Å². The van der Waals surface area contributed by atoms with Crippen LogP contribution in [0.4, 0.5) is 0 Å². The molecule has 2 aromatic carbocycles. The summed E-state index contributed by atoms with van der Waals surface area (Å²) in [6.07, 6.45) is 2.04. The van der Waals surface area contributed by atoms with Crippen LogP contribution < -0.4 is 15.4 Å². The Morgan fingerprint density at radius 3 is 2.89 bits per heavy atom. The summed E-state index contributed by atoms with van der Waals surface area (Å²) in [5, 5.41) is 6.43. The average molecular weight is 387 g/mol. The molecule has 2 N–H and O–H groups in total. The summed E-state index contributed by atoms with van der Waals surface area (Å²) in [5.41, 5.74) is 4.17. The number of fused-ring (bicyclic) bond motifs is 1. The zero-order chi connectivity index (χ0) is 18.1. The molecule has 1 atom stereocenters. The highest BCUT2D eigenvalue weighted by Gasteiger charge is 2.29.